The molecule has 1 aromatic heterocycles. The molecule has 0 saturated carbocycles. The molecule has 0 amide bonds. The van der Waals surface area contributed by atoms with E-state index in [-0.39, 0.29) is 17.9 Å². The summed E-state index contributed by atoms with van der Waals surface area (Å²) in [6.45, 7) is 0.917. The first-order valence-electron chi connectivity index (χ1n) is 5.76. The van der Waals surface area contributed by atoms with Crippen LogP contribution in [0.2, 0.25) is 4.34 Å². The maximum absolute atomic E-state index is 11.6. The Balaban J connectivity index is 2.10. The second-order valence-electron chi connectivity index (χ2n) is 4.54. The summed E-state index contributed by atoms with van der Waals surface area (Å²) >= 11 is 7.28. The van der Waals surface area contributed by atoms with Crippen LogP contribution in [0.15, 0.2) is 12.1 Å². The van der Waals surface area contributed by atoms with Gasteiger partial charge in [0.25, 0.3) is 0 Å². The first-order chi connectivity index (χ1) is 8.85. The Labute approximate surface area is 120 Å². The molecule has 2 heterocycles. The molecule has 1 aliphatic rings. The fourth-order valence-electron chi connectivity index (χ4n) is 2.16. The number of hydrogen-bond acceptors (Lipinski definition) is 5. The number of nitrogens with zero attached hydrogens (tertiary/aromatic N) is 1. The van der Waals surface area contributed by atoms with Gasteiger partial charge in [0.2, 0.25) is 0 Å². The molecule has 0 bridgehead atoms. The zero-order valence-corrected chi connectivity index (χ0v) is 12.5. The average molecular weight is 324 g/mol. The van der Waals surface area contributed by atoms with E-state index in [9.17, 15) is 13.2 Å². The second-order valence-corrected chi connectivity index (χ2v) is 8.57. The van der Waals surface area contributed by atoms with Crippen LogP contribution in [0.3, 0.4) is 0 Å². The average Bonchev–Trinajstić information content (AvgIpc) is 2.67. The van der Waals surface area contributed by atoms with E-state index in [0.717, 1.165) is 4.88 Å². The summed E-state index contributed by atoms with van der Waals surface area (Å²) in [5, 5.41) is 8.88. The Hall–Kier alpha value is -0.630. The summed E-state index contributed by atoms with van der Waals surface area (Å²) in [6, 6.07) is 3.21. The molecule has 1 N–H and O–H groups in total. The molecule has 1 aliphatic heterocycles. The molecule has 1 saturated heterocycles. The molecule has 1 aromatic rings. The van der Waals surface area contributed by atoms with Gasteiger partial charge in [0.15, 0.2) is 9.84 Å². The molecular weight excluding hydrogens is 310 g/mol. The lowest BCUT2D eigenvalue weighted by Gasteiger charge is -2.34. The third-order valence-corrected chi connectivity index (χ3v) is 5.96. The maximum atomic E-state index is 11.6. The van der Waals surface area contributed by atoms with Gasteiger partial charge < -0.3 is 5.11 Å². The Morgan fingerprint density at radius 1 is 1.53 bits per heavy atom. The molecule has 0 aliphatic carbocycles. The molecule has 0 radical (unpaired) electrons. The topological polar surface area (TPSA) is 74.7 Å². The molecule has 19 heavy (non-hydrogen) atoms. The van der Waals surface area contributed by atoms with Crippen LogP contribution in [-0.4, -0.2) is 48.5 Å². The van der Waals surface area contributed by atoms with E-state index in [2.05, 4.69) is 0 Å². The summed E-state index contributed by atoms with van der Waals surface area (Å²) < 4.78 is 23.9. The van der Waals surface area contributed by atoms with E-state index in [1.54, 1.807) is 6.07 Å². The molecule has 0 aromatic carbocycles. The number of carboxylic acid groups (broad SMARTS) is 1. The Morgan fingerprint density at radius 2 is 2.26 bits per heavy atom. The van der Waals surface area contributed by atoms with Gasteiger partial charge in [-0.2, -0.15) is 0 Å². The fourth-order valence-corrected chi connectivity index (χ4v) is 4.86. The van der Waals surface area contributed by atoms with Crippen molar-refractivity contribution < 1.29 is 18.3 Å². The van der Waals surface area contributed by atoms with Crippen molar-refractivity contribution in [3.8, 4) is 0 Å². The number of rotatable bonds is 4. The van der Waals surface area contributed by atoms with Crippen LogP contribution >= 0.6 is 22.9 Å². The summed E-state index contributed by atoms with van der Waals surface area (Å²) in [5.74, 6) is -0.975. The second kappa shape index (κ2) is 5.78. The highest BCUT2D eigenvalue weighted by Gasteiger charge is 2.32. The van der Waals surface area contributed by atoms with E-state index in [1.165, 1.54) is 11.3 Å². The fraction of sp³-hybridized carbons (Fsp3) is 0.545. The molecule has 1 atom stereocenters. The van der Waals surface area contributed by atoms with Crippen LogP contribution in [-0.2, 0) is 21.2 Å². The zero-order chi connectivity index (χ0) is 14.0. The lowest BCUT2D eigenvalue weighted by atomic mass is 10.2. The van der Waals surface area contributed by atoms with Gasteiger partial charge >= 0.3 is 5.97 Å². The highest BCUT2D eigenvalue weighted by molar-refractivity contribution is 7.91. The van der Waals surface area contributed by atoms with Crippen molar-refractivity contribution in [3.05, 3.63) is 21.3 Å². The number of thiophene rings is 1. The molecule has 1 fully saturated rings. The SMILES string of the molecule is O=C(O)CC1CS(=O)(=O)CCN1Cc1ccc(Cl)s1. The molecule has 106 valence electrons. The summed E-state index contributed by atoms with van der Waals surface area (Å²) in [6.07, 6.45) is -0.154. The van der Waals surface area contributed by atoms with Gasteiger partial charge in [-0.05, 0) is 12.1 Å². The van der Waals surface area contributed by atoms with Gasteiger partial charge in [-0.1, -0.05) is 11.6 Å². The maximum Gasteiger partial charge on any atom is 0.304 e. The predicted molar refractivity (Wildman–Crippen MR) is 74.4 cm³/mol. The monoisotopic (exact) mass is 323 g/mol. The Bertz CT molecular complexity index is 569. The smallest absolute Gasteiger partial charge is 0.304 e. The van der Waals surface area contributed by atoms with Gasteiger partial charge in [0.05, 0.1) is 22.3 Å². The van der Waals surface area contributed by atoms with Gasteiger partial charge in [0, 0.05) is 24.0 Å². The molecular formula is C11H14ClNO4S2. The van der Waals surface area contributed by atoms with E-state index in [0.29, 0.717) is 17.4 Å². The van der Waals surface area contributed by atoms with Gasteiger partial charge in [-0.25, -0.2) is 8.42 Å². The zero-order valence-electron chi connectivity index (χ0n) is 10.1. The van der Waals surface area contributed by atoms with Crippen LogP contribution in [0.1, 0.15) is 11.3 Å². The van der Waals surface area contributed by atoms with Crippen molar-refractivity contribution in [3.63, 3.8) is 0 Å². The summed E-state index contributed by atoms with van der Waals surface area (Å²) in [7, 11) is -3.13. The number of carboxylic acids is 1. The van der Waals surface area contributed by atoms with Crippen molar-refractivity contribution in [2.75, 3.05) is 18.1 Å². The minimum Gasteiger partial charge on any atom is -0.481 e. The summed E-state index contributed by atoms with van der Waals surface area (Å²) in [5.41, 5.74) is 0. The Morgan fingerprint density at radius 3 is 2.84 bits per heavy atom. The third kappa shape index (κ3) is 4.17. The van der Waals surface area contributed by atoms with E-state index >= 15 is 0 Å². The van der Waals surface area contributed by atoms with Crippen molar-refractivity contribution >= 4 is 38.7 Å². The van der Waals surface area contributed by atoms with Crippen molar-refractivity contribution in [1.29, 1.82) is 0 Å². The molecule has 1 unspecified atom stereocenters. The van der Waals surface area contributed by atoms with Gasteiger partial charge in [0.1, 0.15) is 0 Å². The van der Waals surface area contributed by atoms with Crippen LogP contribution in [0, 0.1) is 0 Å². The lowest BCUT2D eigenvalue weighted by Crippen LogP contribution is -2.48. The van der Waals surface area contributed by atoms with E-state index < -0.39 is 21.8 Å². The lowest BCUT2D eigenvalue weighted by molar-refractivity contribution is -0.138. The van der Waals surface area contributed by atoms with Crippen LogP contribution in [0.5, 0.6) is 0 Å². The first kappa shape index (κ1) is 14.8. The molecule has 8 heteroatoms. The Kier molecular flexibility index (Phi) is 4.50. The standard InChI is InChI=1S/C11H14ClNO4S2/c12-10-2-1-9(18-10)6-13-3-4-19(16,17)7-8(13)5-11(14)15/h1-2,8H,3-7H2,(H,14,15). The van der Waals surface area contributed by atoms with Crippen LogP contribution < -0.4 is 0 Å². The number of carbonyl (C=O) groups is 1. The highest BCUT2D eigenvalue weighted by Crippen LogP contribution is 2.25. The van der Waals surface area contributed by atoms with Crippen molar-refractivity contribution in [2.45, 2.75) is 19.0 Å². The molecule has 5 nitrogen and oxygen atoms in total. The quantitative estimate of drug-likeness (QED) is 0.908. The van der Waals surface area contributed by atoms with E-state index in [4.69, 9.17) is 16.7 Å². The number of sulfone groups is 1. The third-order valence-electron chi connectivity index (χ3n) is 3.05. The first-order valence-corrected chi connectivity index (χ1v) is 8.78. The molecule has 2 rings (SSSR count). The van der Waals surface area contributed by atoms with Crippen molar-refractivity contribution in [2.24, 2.45) is 0 Å². The van der Waals surface area contributed by atoms with E-state index in [1.807, 2.05) is 11.0 Å². The number of hydrogen-bond donors (Lipinski definition) is 1. The van der Waals surface area contributed by atoms with Crippen molar-refractivity contribution in [1.82, 2.24) is 4.90 Å². The highest BCUT2D eigenvalue weighted by atomic mass is 35.5. The number of halogens is 1. The summed E-state index contributed by atoms with van der Waals surface area (Å²) in [4.78, 5) is 13.8. The minimum absolute atomic E-state index is 0.0849. The largest absolute Gasteiger partial charge is 0.481 e. The van der Waals surface area contributed by atoms with Gasteiger partial charge in [-0.15, -0.1) is 11.3 Å². The molecule has 0 spiro atoms. The van der Waals surface area contributed by atoms with Crippen LogP contribution in [0.25, 0.3) is 0 Å². The number of aliphatic carboxylic acids is 1. The minimum atomic E-state index is -3.13. The van der Waals surface area contributed by atoms with Gasteiger partial charge in [-0.3, -0.25) is 9.69 Å². The van der Waals surface area contributed by atoms with Crippen LogP contribution in [0.4, 0.5) is 0 Å². The predicted octanol–water partition coefficient (Wildman–Crippen LogP) is 1.48. The normalized spacial score (nSPS) is 23.3.